The van der Waals surface area contributed by atoms with Gasteiger partial charge in [0, 0.05) is 18.5 Å². The Labute approximate surface area is 114 Å². The number of sulfonamides is 1. The fourth-order valence-electron chi connectivity index (χ4n) is 2.30. The van der Waals surface area contributed by atoms with Crippen LogP contribution in [-0.2, 0) is 10.0 Å². The molecule has 6 nitrogen and oxygen atoms in total. The maximum Gasteiger partial charge on any atom is 0.336 e. The van der Waals surface area contributed by atoms with Crippen molar-refractivity contribution in [3.63, 3.8) is 0 Å². The Bertz CT molecular complexity index is 625. The lowest BCUT2D eigenvalue weighted by molar-refractivity contribution is -0.0764. The van der Waals surface area contributed by atoms with Gasteiger partial charge in [-0.25, -0.2) is 13.2 Å². The quantitative estimate of drug-likeness (QED) is 0.849. The molecule has 2 fully saturated rings. The number of carboxylic acid groups (broad SMARTS) is 1. The molecule has 3 rings (SSSR count). The van der Waals surface area contributed by atoms with E-state index in [0.29, 0.717) is 0 Å². The van der Waals surface area contributed by atoms with Crippen molar-refractivity contribution >= 4 is 27.3 Å². The Morgan fingerprint density at radius 1 is 1.42 bits per heavy atom. The lowest BCUT2D eigenvalue weighted by Crippen LogP contribution is -2.64. The highest BCUT2D eigenvalue weighted by atomic mass is 32.2. The van der Waals surface area contributed by atoms with Crippen LogP contribution in [-0.4, -0.2) is 47.6 Å². The topological polar surface area (TPSA) is 94.9 Å². The molecule has 1 aromatic heterocycles. The molecular formula is C11H13NO5S2. The SMILES string of the molecule is O=C(O)c1csc(S(=O)(=O)N2CC(O)(C3CC3)C2)c1. The van der Waals surface area contributed by atoms with Crippen LogP contribution in [0.15, 0.2) is 15.7 Å². The third-order valence-electron chi connectivity index (χ3n) is 3.65. The Kier molecular flexibility index (Phi) is 2.76. The summed E-state index contributed by atoms with van der Waals surface area (Å²) in [5.41, 5.74) is -0.901. The van der Waals surface area contributed by atoms with Crippen LogP contribution in [0.1, 0.15) is 23.2 Å². The number of aliphatic hydroxyl groups is 1. The first kappa shape index (κ1) is 13.0. The molecule has 0 radical (unpaired) electrons. The Balaban J connectivity index is 1.78. The summed E-state index contributed by atoms with van der Waals surface area (Å²) in [4.78, 5) is 10.8. The van der Waals surface area contributed by atoms with Gasteiger partial charge in [0.1, 0.15) is 4.21 Å². The largest absolute Gasteiger partial charge is 0.478 e. The van der Waals surface area contributed by atoms with Crippen LogP contribution in [0.25, 0.3) is 0 Å². The second-order valence-corrected chi connectivity index (χ2v) is 8.19. The molecule has 2 heterocycles. The van der Waals surface area contributed by atoms with Crippen molar-refractivity contribution in [2.24, 2.45) is 5.92 Å². The van der Waals surface area contributed by atoms with Gasteiger partial charge in [-0.15, -0.1) is 11.3 Å². The molecule has 104 valence electrons. The summed E-state index contributed by atoms with van der Waals surface area (Å²) < 4.78 is 25.7. The predicted octanol–water partition coefficient (Wildman–Crippen LogP) is 0.592. The van der Waals surface area contributed by atoms with E-state index in [2.05, 4.69) is 0 Å². The zero-order chi connectivity index (χ0) is 13.8. The molecule has 0 unspecified atom stereocenters. The predicted molar refractivity (Wildman–Crippen MR) is 67.7 cm³/mol. The Morgan fingerprint density at radius 3 is 2.53 bits per heavy atom. The molecule has 0 atom stereocenters. The number of hydrogen-bond acceptors (Lipinski definition) is 5. The second kappa shape index (κ2) is 4.02. The fraction of sp³-hybridized carbons (Fsp3) is 0.545. The van der Waals surface area contributed by atoms with E-state index in [0.717, 1.165) is 30.2 Å². The summed E-state index contributed by atoms with van der Waals surface area (Å²) in [5, 5.41) is 20.2. The van der Waals surface area contributed by atoms with Gasteiger partial charge in [0.15, 0.2) is 0 Å². The number of carbonyl (C=O) groups is 1. The van der Waals surface area contributed by atoms with Gasteiger partial charge in [0.05, 0.1) is 11.2 Å². The molecular weight excluding hydrogens is 290 g/mol. The number of β-amino-alcohol motifs (C(OH)–C–C–N with tert-alkyl or cyclic N) is 1. The molecule has 1 saturated heterocycles. The summed E-state index contributed by atoms with van der Waals surface area (Å²) >= 11 is 0.894. The van der Waals surface area contributed by atoms with Crippen LogP contribution >= 0.6 is 11.3 Å². The van der Waals surface area contributed by atoms with Gasteiger partial charge in [0.2, 0.25) is 0 Å². The normalized spacial score (nSPS) is 23.0. The number of rotatable bonds is 4. The number of carboxylic acids is 1. The fourth-order valence-corrected chi connectivity index (χ4v) is 5.18. The molecule has 0 amide bonds. The molecule has 1 saturated carbocycles. The molecule has 0 spiro atoms. The smallest absolute Gasteiger partial charge is 0.336 e. The van der Waals surface area contributed by atoms with Crippen molar-refractivity contribution in [1.29, 1.82) is 0 Å². The third-order valence-corrected chi connectivity index (χ3v) is 6.86. The average molecular weight is 303 g/mol. The minimum absolute atomic E-state index is 0.0164. The molecule has 2 aliphatic rings. The number of aromatic carboxylic acids is 1. The maximum atomic E-state index is 12.2. The van der Waals surface area contributed by atoms with E-state index in [9.17, 15) is 18.3 Å². The number of hydrogen-bond donors (Lipinski definition) is 2. The molecule has 1 aliphatic heterocycles. The van der Waals surface area contributed by atoms with Crippen molar-refractivity contribution in [1.82, 2.24) is 4.31 Å². The molecule has 1 aliphatic carbocycles. The molecule has 1 aromatic rings. The van der Waals surface area contributed by atoms with Crippen molar-refractivity contribution in [3.8, 4) is 0 Å². The van der Waals surface area contributed by atoms with E-state index in [1.54, 1.807) is 0 Å². The van der Waals surface area contributed by atoms with E-state index in [-0.39, 0.29) is 28.8 Å². The summed E-state index contributed by atoms with van der Waals surface area (Å²) in [7, 11) is -3.66. The highest BCUT2D eigenvalue weighted by Crippen LogP contribution is 2.46. The maximum absolute atomic E-state index is 12.2. The monoisotopic (exact) mass is 303 g/mol. The first-order chi connectivity index (χ1) is 8.83. The van der Waals surface area contributed by atoms with Gasteiger partial charge >= 0.3 is 5.97 Å². The molecule has 0 aromatic carbocycles. The lowest BCUT2D eigenvalue weighted by atomic mass is 9.91. The standard InChI is InChI=1S/C11H13NO5S2/c13-10(14)7-3-9(18-4-7)19(16,17)12-5-11(15,6-12)8-1-2-8/h3-4,8,15H,1-2,5-6H2,(H,13,14). The van der Waals surface area contributed by atoms with Crippen LogP contribution < -0.4 is 0 Å². The molecule has 0 bridgehead atoms. The van der Waals surface area contributed by atoms with E-state index < -0.39 is 21.6 Å². The van der Waals surface area contributed by atoms with Crippen LogP contribution in [0.5, 0.6) is 0 Å². The minimum atomic E-state index is -3.66. The van der Waals surface area contributed by atoms with Crippen molar-refractivity contribution in [2.45, 2.75) is 22.7 Å². The summed E-state index contributed by atoms with van der Waals surface area (Å²) in [5.74, 6) is -0.923. The molecule has 8 heteroatoms. The number of nitrogens with zero attached hydrogens (tertiary/aromatic N) is 1. The van der Waals surface area contributed by atoms with E-state index in [1.807, 2.05) is 0 Å². The minimum Gasteiger partial charge on any atom is -0.478 e. The van der Waals surface area contributed by atoms with Crippen LogP contribution in [0.4, 0.5) is 0 Å². The van der Waals surface area contributed by atoms with E-state index in [4.69, 9.17) is 5.11 Å². The summed E-state index contributed by atoms with van der Waals surface area (Å²) in [6.45, 7) is 0.223. The van der Waals surface area contributed by atoms with Gasteiger partial charge in [0.25, 0.3) is 10.0 Å². The van der Waals surface area contributed by atoms with Crippen LogP contribution in [0.3, 0.4) is 0 Å². The van der Waals surface area contributed by atoms with E-state index >= 15 is 0 Å². The third kappa shape index (κ3) is 2.08. The second-order valence-electron chi connectivity index (χ2n) is 5.11. The summed E-state index contributed by atoms with van der Waals surface area (Å²) in [6.07, 6.45) is 1.90. The average Bonchev–Trinajstić information content (AvgIpc) is 3.01. The highest BCUT2D eigenvalue weighted by Gasteiger charge is 2.55. The zero-order valence-electron chi connectivity index (χ0n) is 9.94. The van der Waals surface area contributed by atoms with Gasteiger partial charge in [-0.2, -0.15) is 4.31 Å². The Hall–Kier alpha value is -0.960. The summed E-state index contributed by atoms with van der Waals surface area (Å²) in [6, 6.07) is 1.16. The zero-order valence-corrected chi connectivity index (χ0v) is 11.6. The van der Waals surface area contributed by atoms with Crippen LogP contribution in [0, 0.1) is 5.92 Å². The molecule has 2 N–H and O–H groups in total. The van der Waals surface area contributed by atoms with Gasteiger partial charge in [-0.05, 0) is 24.8 Å². The number of thiophene rings is 1. The van der Waals surface area contributed by atoms with Gasteiger partial charge in [-0.3, -0.25) is 0 Å². The van der Waals surface area contributed by atoms with Crippen molar-refractivity contribution < 1.29 is 23.4 Å². The first-order valence-corrected chi connectivity index (χ1v) is 8.19. The van der Waals surface area contributed by atoms with Gasteiger partial charge < -0.3 is 10.2 Å². The molecule has 19 heavy (non-hydrogen) atoms. The Morgan fingerprint density at radius 2 is 2.05 bits per heavy atom. The highest BCUT2D eigenvalue weighted by molar-refractivity contribution is 7.91. The first-order valence-electron chi connectivity index (χ1n) is 5.87. The van der Waals surface area contributed by atoms with Crippen LogP contribution in [0.2, 0.25) is 0 Å². The van der Waals surface area contributed by atoms with Crippen molar-refractivity contribution in [2.75, 3.05) is 13.1 Å². The van der Waals surface area contributed by atoms with Crippen molar-refractivity contribution in [3.05, 3.63) is 17.0 Å². The lowest BCUT2D eigenvalue weighted by Gasteiger charge is -2.45. The van der Waals surface area contributed by atoms with Gasteiger partial charge in [-0.1, -0.05) is 0 Å². The van der Waals surface area contributed by atoms with E-state index in [1.165, 1.54) is 9.69 Å².